The quantitative estimate of drug-likeness (QED) is 0.848. The van der Waals surface area contributed by atoms with E-state index in [1.54, 1.807) is 4.90 Å². The molecule has 2 heterocycles. The molecule has 8 heteroatoms. The van der Waals surface area contributed by atoms with Gasteiger partial charge >= 0.3 is 5.97 Å². The molecule has 0 unspecified atom stereocenters. The molecule has 0 aliphatic carbocycles. The molecule has 106 valence electrons. The summed E-state index contributed by atoms with van der Waals surface area (Å²) in [7, 11) is 0. The van der Waals surface area contributed by atoms with Gasteiger partial charge in [-0.3, -0.25) is 9.59 Å². The van der Waals surface area contributed by atoms with E-state index >= 15 is 0 Å². The molecule has 1 aliphatic rings. The zero-order valence-corrected chi connectivity index (χ0v) is 11.4. The summed E-state index contributed by atoms with van der Waals surface area (Å²) < 4.78 is 0. The molecule has 0 aromatic carbocycles. The molecular formula is C12H13N3O4S. The zero-order chi connectivity index (χ0) is 14.5. The van der Waals surface area contributed by atoms with Crippen LogP contribution in [-0.4, -0.2) is 50.9 Å². The molecule has 2 amide bonds. The van der Waals surface area contributed by atoms with Crippen LogP contribution in [0.1, 0.15) is 16.9 Å². The van der Waals surface area contributed by atoms with Gasteiger partial charge in [-0.25, -0.2) is 9.78 Å². The molecule has 2 rings (SSSR count). The predicted molar refractivity (Wildman–Crippen MR) is 73.9 cm³/mol. The molecule has 0 atom stereocenters. The smallest absolute Gasteiger partial charge is 0.354 e. The van der Waals surface area contributed by atoms with E-state index in [4.69, 9.17) is 5.11 Å². The van der Waals surface area contributed by atoms with Crippen molar-refractivity contribution in [1.82, 2.24) is 9.88 Å². The van der Waals surface area contributed by atoms with Crippen molar-refractivity contribution in [2.75, 3.05) is 24.2 Å². The number of carboxylic acid groups (broad SMARTS) is 1. The van der Waals surface area contributed by atoms with Crippen LogP contribution in [0.4, 0.5) is 10.6 Å². The summed E-state index contributed by atoms with van der Waals surface area (Å²) in [5, 5.41) is 11.3. The highest BCUT2D eigenvalue weighted by Gasteiger charge is 2.21. The Balaban J connectivity index is 1.86. The maximum Gasteiger partial charge on any atom is 0.354 e. The molecule has 2 N–H and O–H groups in total. The van der Waals surface area contributed by atoms with E-state index in [1.807, 2.05) is 0 Å². The van der Waals surface area contributed by atoms with Crippen molar-refractivity contribution < 1.29 is 19.5 Å². The average Bonchev–Trinajstić information content (AvgIpc) is 2.82. The normalized spacial score (nSPS) is 14.4. The fourth-order valence-electron chi connectivity index (χ4n) is 1.69. The van der Waals surface area contributed by atoms with Crippen molar-refractivity contribution >= 4 is 34.7 Å². The Kier molecular flexibility index (Phi) is 4.57. The van der Waals surface area contributed by atoms with E-state index in [0.29, 0.717) is 13.1 Å². The number of pyridine rings is 1. The third-order valence-corrected chi connectivity index (χ3v) is 3.58. The number of hydrogen-bond acceptors (Lipinski definition) is 5. The molecule has 0 saturated carbocycles. The fraction of sp³-hybridized carbons (Fsp3) is 0.333. The van der Waals surface area contributed by atoms with Crippen LogP contribution in [0.5, 0.6) is 0 Å². The second-order valence-electron chi connectivity index (χ2n) is 4.11. The Morgan fingerprint density at radius 1 is 1.45 bits per heavy atom. The molecule has 1 aromatic heterocycles. The number of amides is 2. The van der Waals surface area contributed by atoms with Crippen LogP contribution in [0.25, 0.3) is 0 Å². The van der Waals surface area contributed by atoms with Crippen LogP contribution in [0, 0.1) is 0 Å². The molecule has 1 fully saturated rings. The Bertz CT molecular complexity index is 549. The molecule has 1 aliphatic heterocycles. The van der Waals surface area contributed by atoms with Crippen molar-refractivity contribution in [3.63, 3.8) is 0 Å². The number of anilines is 1. The number of hydrogen-bond donors (Lipinski definition) is 2. The van der Waals surface area contributed by atoms with Crippen molar-refractivity contribution in [3.8, 4) is 0 Å². The first-order valence-corrected chi connectivity index (χ1v) is 6.97. The summed E-state index contributed by atoms with van der Waals surface area (Å²) in [6.07, 6.45) is 0.158. The Morgan fingerprint density at radius 3 is 2.90 bits per heavy atom. The molecule has 0 bridgehead atoms. The van der Waals surface area contributed by atoms with Gasteiger partial charge in [-0.15, -0.1) is 0 Å². The van der Waals surface area contributed by atoms with E-state index in [0.717, 1.165) is 5.75 Å². The van der Waals surface area contributed by atoms with Crippen molar-refractivity contribution in [1.29, 1.82) is 0 Å². The molecular weight excluding hydrogens is 282 g/mol. The minimum Gasteiger partial charge on any atom is -0.477 e. The molecule has 0 spiro atoms. The first-order valence-electron chi connectivity index (χ1n) is 5.98. The second-order valence-corrected chi connectivity index (χ2v) is 5.16. The fourth-order valence-corrected chi connectivity index (χ4v) is 2.55. The highest BCUT2D eigenvalue weighted by Crippen LogP contribution is 2.17. The van der Waals surface area contributed by atoms with E-state index in [2.05, 4.69) is 10.3 Å². The van der Waals surface area contributed by atoms with Gasteiger partial charge in [0.2, 0.25) is 5.91 Å². The predicted octanol–water partition coefficient (Wildman–Crippen LogP) is 1.28. The highest BCUT2D eigenvalue weighted by molar-refractivity contribution is 8.13. The van der Waals surface area contributed by atoms with Crippen molar-refractivity contribution in [2.45, 2.75) is 6.42 Å². The lowest BCUT2D eigenvalue weighted by molar-refractivity contribution is -0.116. The number of nitrogens with one attached hydrogen (secondary N) is 1. The average molecular weight is 295 g/mol. The van der Waals surface area contributed by atoms with E-state index in [-0.39, 0.29) is 29.1 Å². The summed E-state index contributed by atoms with van der Waals surface area (Å²) >= 11 is 1.24. The minimum absolute atomic E-state index is 0.0104. The topological polar surface area (TPSA) is 99.6 Å². The SMILES string of the molecule is O=C(CCN1CCSC1=O)Nc1cccc(C(=O)O)n1. The maximum atomic E-state index is 11.7. The van der Waals surface area contributed by atoms with Crippen LogP contribution < -0.4 is 5.32 Å². The van der Waals surface area contributed by atoms with Gasteiger partial charge in [0.1, 0.15) is 5.82 Å². The number of rotatable bonds is 5. The minimum atomic E-state index is -1.15. The molecule has 20 heavy (non-hydrogen) atoms. The van der Waals surface area contributed by atoms with Gasteiger partial charge in [-0.2, -0.15) is 0 Å². The lowest BCUT2D eigenvalue weighted by atomic mass is 10.3. The van der Waals surface area contributed by atoms with Crippen LogP contribution in [0.3, 0.4) is 0 Å². The van der Waals surface area contributed by atoms with Crippen LogP contribution in [0.2, 0.25) is 0 Å². The highest BCUT2D eigenvalue weighted by atomic mass is 32.2. The van der Waals surface area contributed by atoms with Gasteiger partial charge in [-0.1, -0.05) is 17.8 Å². The van der Waals surface area contributed by atoms with E-state index in [1.165, 1.54) is 30.0 Å². The third-order valence-electron chi connectivity index (χ3n) is 2.69. The van der Waals surface area contributed by atoms with Crippen molar-refractivity contribution in [2.24, 2.45) is 0 Å². The number of nitrogens with zero attached hydrogens (tertiary/aromatic N) is 2. The molecule has 1 saturated heterocycles. The van der Waals surface area contributed by atoms with Gasteiger partial charge in [0.15, 0.2) is 5.69 Å². The Labute approximate surface area is 119 Å². The summed E-state index contributed by atoms with van der Waals surface area (Å²) in [5.41, 5.74) is -0.131. The van der Waals surface area contributed by atoms with Gasteiger partial charge in [0.05, 0.1) is 0 Å². The zero-order valence-electron chi connectivity index (χ0n) is 10.5. The first-order chi connectivity index (χ1) is 9.56. The largest absolute Gasteiger partial charge is 0.477 e. The Hall–Kier alpha value is -2.09. The maximum absolute atomic E-state index is 11.7. The lowest BCUT2D eigenvalue weighted by Gasteiger charge is -2.13. The summed E-state index contributed by atoms with van der Waals surface area (Å²) in [5.74, 6) is -0.509. The summed E-state index contributed by atoms with van der Waals surface area (Å²) in [6, 6.07) is 4.37. The van der Waals surface area contributed by atoms with E-state index < -0.39 is 5.97 Å². The van der Waals surface area contributed by atoms with Gasteiger partial charge in [0, 0.05) is 25.3 Å². The van der Waals surface area contributed by atoms with Crippen LogP contribution >= 0.6 is 11.8 Å². The van der Waals surface area contributed by atoms with Crippen molar-refractivity contribution in [3.05, 3.63) is 23.9 Å². The number of aromatic nitrogens is 1. The lowest BCUT2D eigenvalue weighted by Crippen LogP contribution is -2.28. The monoisotopic (exact) mass is 295 g/mol. The number of carbonyl (C=O) groups excluding carboxylic acids is 2. The number of thioether (sulfide) groups is 1. The number of carboxylic acids is 1. The first kappa shape index (κ1) is 14.3. The standard InChI is InChI=1S/C12H13N3O4S/c16-10(4-5-15-6-7-20-12(15)19)14-9-3-1-2-8(13-9)11(17)18/h1-3H,4-7H2,(H,17,18)(H,13,14,16). The number of aromatic carboxylic acids is 1. The number of carbonyl (C=O) groups is 3. The third kappa shape index (κ3) is 3.70. The van der Waals surface area contributed by atoms with E-state index in [9.17, 15) is 14.4 Å². The van der Waals surface area contributed by atoms with Crippen LogP contribution in [-0.2, 0) is 4.79 Å². The summed E-state index contributed by atoms with van der Waals surface area (Å²) in [6.45, 7) is 1.01. The van der Waals surface area contributed by atoms with Gasteiger partial charge in [-0.05, 0) is 12.1 Å². The van der Waals surface area contributed by atoms with Gasteiger partial charge in [0.25, 0.3) is 5.24 Å². The molecule has 0 radical (unpaired) electrons. The van der Waals surface area contributed by atoms with Gasteiger partial charge < -0.3 is 15.3 Å². The Morgan fingerprint density at radius 2 is 2.25 bits per heavy atom. The summed E-state index contributed by atoms with van der Waals surface area (Å²) in [4.78, 5) is 39.2. The second kappa shape index (κ2) is 6.38. The van der Waals surface area contributed by atoms with Crippen LogP contribution in [0.15, 0.2) is 18.2 Å². The molecule has 1 aromatic rings. The molecule has 7 nitrogen and oxygen atoms in total.